The van der Waals surface area contributed by atoms with Crippen LogP contribution in [0.1, 0.15) is 40.9 Å². The van der Waals surface area contributed by atoms with Crippen LogP contribution >= 0.6 is 12.2 Å². The van der Waals surface area contributed by atoms with Crippen molar-refractivity contribution in [3.8, 4) is 17.2 Å². The summed E-state index contributed by atoms with van der Waals surface area (Å²) in [4.78, 5) is 17.6. The third-order valence-electron chi connectivity index (χ3n) is 6.48. The molecule has 0 saturated carbocycles. The van der Waals surface area contributed by atoms with Crippen LogP contribution in [0.5, 0.6) is 17.2 Å². The summed E-state index contributed by atoms with van der Waals surface area (Å²) >= 11 is 6.01. The van der Waals surface area contributed by atoms with Gasteiger partial charge in [0.1, 0.15) is 5.75 Å². The molecular formula is C27H26N2O4S. The second-order valence-electron chi connectivity index (χ2n) is 8.74. The van der Waals surface area contributed by atoms with Gasteiger partial charge >= 0.3 is 0 Å². The molecule has 1 saturated heterocycles. The standard InChI is InChI=1S/C27H26N2O4S/c1-17-7-5-8-19(15-17)29-26(34)28(25(30)18-11-13-20(31-3)14-12-18)22-16-27(29,2)33-24-21(22)9-6-10-23(24)32-4/h5-15,22H,16H2,1-4H3. The van der Waals surface area contributed by atoms with Gasteiger partial charge in [-0.1, -0.05) is 24.3 Å². The maximum atomic E-state index is 13.9. The Morgan fingerprint density at radius 3 is 2.47 bits per heavy atom. The molecule has 1 fully saturated rings. The zero-order chi connectivity index (χ0) is 24.0. The summed E-state index contributed by atoms with van der Waals surface area (Å²) in [6.07, 6.45) is 0.545. The number of methoxy groups -OCH3 is 2. The average molecular weight is 475 g/mol. The molecule has 2 unspecified atom stereocenters. The smallest absolute Gasteiger partial charge is 0.260 e. The van der Waals surface area contributed by atoms with E-state index < -0.39 is 5.72 Å². The van der Waals surface area contributed by atoms with Crippen molar-refractivity contribution in [1.82, 2.24) is 4.90 Å². The van der Waals surface area contributed by atoms with E-state index >= 15 is 0 Å². The molecular weight excluding hydrogens is 448 g/mol. The molecule has 5 rings (SSSR count). The largest absolute Gasteiger partial charge is 0.497 e. The Morgan fingerprint density at radius 2 is 1.79 bits per heavy atom. The number of anilines is 1. The second kappa shape index (κ2) is 8.33. The van der Waals surface area contributed by atoms with Gasteiger partial charge in [-0.3, -0.25) is 14.6 Å². The summed E-state index contributed by atoms with van der Waals surface area (Å²) < 4.78 is 17.5. The summed E-state index contributed by atoms with van der Waals surface area (Å²) in [5.41, 5.74) is 2.58. The van der Waals surface area contributed by atoms with Gasteiger partial charge in [0, 0.05) is 23.2 Å². The summed E-state index contributed by atoms with van der Waals surface area (Å²) in [6, 6.07) is 20.6. The van der Waals surface area contributed by atoms with E-state index in [0.29, 0.717) is 34.3 Å². The van der Waals surface area contributed by atoms with E-state index in [1.165, 1.54) is 0 Å². The summed E-state index contributed by atoms with van der Waals surface area (Å²) in [7, 11) is 3.22. The molecule has 2 atom stereocenters. The molecule has 0 aliphatic carbocycles. The third kappa shape index (κ3) is 3.47. The fraction of sp³-hybridized carbons (Fsp3) is 0.259. The summed E-state index contributed by atoms with van der Waals surface area (Å²) in [6.45, 7) is 4.04. The number of carbonyl (C=O) groups is 1. The molecule has 34 heavy (non-hydrogen) atoms. The zero-order valence-electron chi connectivity index (χ0n) is 19.6. The predicted octanol–water partition coefficient (Wildman–Crippen LogP) is 5.50. The van der Waals surface area contributed by atoms with Crippen molar-refractivity contribution in [2.24, 2.45) is 0 Å². The highest BCUT2D eigenvalue weighted by atomic mass is 32.1. The first-order valence-corrected chi connectivity index (χ1v) is 11.5. The van der Waals surface area contributed by atoms with Crippen molar-refractivity contribution in [3.05, 3.63) is 83.4 Å². The Balaban J connectivity index is 1.68. The SMILES string of the molecule is COc1ccc(C(=O)N2C(=S)N(c3cccc(C)c3)C3(C)CC2c2cccc(OC)c2O3)cc1. The highest BCUT2D eigenvalue weighted by Crippen LogP contribution is 2.52. The molecule has 1 amide bonds. The molecule has 174 valence electrons. The van der Waals surface area contributed by atoms with E-state index in [2.05, 4.69) is 6.07 Å². The lowest BCUT2D eigenvalue weighted by Crippen LogP contribution is -2.67. The number of ether oxygens (including phenoxy) is 3. The van der Waals surface area contributed by atoms with Gasteiger partial charge in [-0.15, -0.1) is 0 Å². The van der Waals surface area contributed by atoms with E-state index in [9.17, 15) is 4.79 Å². The Morgan fingerprint density at radius 1 is 1.06 bits per heavy atom. The topological polar surface area (TPSA) is 51.2 Å². The number of rotatable bonds is 4. The minimum absolute atomic E-state index is 0.173. The summed E-state index contributed by atoms with van der Waals surface area (Å²) in [5.74, 6) is 1.78. The number of aryl methyl sites for hydroxylation is 1. The highest BCUT2D eigenvalue weighted by molar-refractivity contribution is 7.80. The lowest BCUT2D eigenvalue weighted by atomic mass is 9.88. The normalized spacial score (nSPS) is 20.9. The Bertz CT molecular complexity index is 1280. The van der Waals surface area contributed by atoms with Crippen LogP contribution in [0.15, 0.2) is 66.7 Å². The maximum absolute atomic E-state index is 13.9. The molecule has 7 heteroatoms. The number of benzene rings is 3. The van der Waals surface area contributed by atoms with Crippen molar-refractivity contribution in [2.45, 2.75) is 32.0 Å². The van der Waals surface area contributed by atoms with Crippen LogP contribution in [-0.2, 0) is 0 Å². The van der Waals surface area contributed by atoms with Crippen molar-refractivity contribution in [3.63, 3.8) is 0 Å². The second-order valence-corrected chi connectivity index (χ2v) is 9.10. The molecule has 3 aromatic carbocycles. The average Bonchev–Trinajstić information content (AvgIpc) is 2.83. The van der Waals surface area contributed by atoms with Crippen LogP contribution in [0.3, 0.4) is 0 Å². The minimum Gasteiger partial charge on any atom is -0.497 e. The summed E-state index contributed by atoms with van der Waals surface area (Å²) in [5, 5.41) is 0.402. The maximum Gasteiger partial charge on any atom is 0.260 e. The number of thiocarbonyl (C=S) groups is 1. The van der Waals surface area contributed by atoms with Crippen LogP contribution in [0, 0.1) is 6.92 Å². The van der Waals surface area contributed by atoms with Crippen molar-refractivity contribution in [1.29, 1.82) is 0 Å². The van der Waals surface area contributed by atoms with Gasteiger partial charge in [-0.2, -0.15) is 0 Å². The van der Waals surface area contributed by atoms with Crippen molar-refractivity contribution in [2.75, 3.05) is 19.1 Å². The van der Waals surface area contributed by atoms with Gasteiger partial charge in [-0.25, -0.2) is 0 Å². The number of hydrogen-bond acceptors (Lipinski definition) is 5. The Labute approximate surface area is 204 Å². The number of fused-ring (bicyclic) bond motifs is 4. The van der Waals surface area contributed by atoms with Gasteiger partial charge in [0.05, 0.1) is 20.3 Å². The van der Waals surface area contributed by atoms with E-state index in [-0.39, 0.29) is 11.9 Å². The van der Waals surface area contributed by atoms with E-state index in [1.54, 1.807) is 43.4 Å². The van der Waals surface area contributed by atoms with Gasteiger partial charge in [0.15, 0.2) is 22.3 Å². The minimum atomic E-state index is -0.798. The van der Waals surface area contributed by atoms with Crippen LogP contribution in [0.4, 0.5) is 5.69 Å². The monoisotopic (exact) mass is 474 g/mol. The van der Waals surface area contributed by atoms with Gasteiger partial charge in [0.25, 0.3) is 5.91 Å². The highest BCUT2D eigenvalue weighted by Gasteiger charge is 2.54. The fourth-order valence-electron chi connectivity index (χ4n) is 4.86. The van der Waals surface area contributed by atoms with Gasteiger partial charge in [0.2, 0.25) is 0 Å². The van der Waals surface area contributed by atoms with Crippen molar-refractivity contribution >= 4 is 28.9 Å². The molecule has 0 aromatic heterocycles. The number of hydrogen-bond donors (Lipinski definition) is 0. The molecule has 2 aliphatic rings. The van der Waals surface area contributed by atoms with E-state index in [0.717, 1.165) is 16.8 Å². The number of para-hydroxylation sites is 1. The third-order valence-corrected chi connectivity index (χ3v) is 6.86. The fourth-order valence-corrected chi connectivity index (χ4v) is 5.37. The van der Waals surface area contributed by atoms with E-state index in [1.807, 2.05) is 55.1 Å². The number of amides is 1. The first-order chi connectivity index (χ1) is 16.4. The number of carbonyl (C=O) groups excluding carboxylic acids is 1. The van der Waals surface area contributed by atoms with Crippen molar-refractivity contribution < 1.29 is 19.0 Å². The Hall–Kier alpha value is -3.58. The quantitative estimate of drug-likeness (QED) is 0.466. The van der Waals surface area contributed by atoms with Crippen LogP contribution < -0.4 is 19.1 Å². The Kier molecular flexibility index (Phi) is 5.44. The molecule has 2 heterocycles. The predicted molar refractivity (Wildman–Crippen MR) is 135 cm³/mol. The molecule has 0 spiro atoms. The molecule has 0 N–H and O–H groups in total. The first-order valence-electron chi connectivity index (χ1n) is 11.1. The van der Waals surface area contributed by atoms with Crippen LogP contribution in [0.2, 0.25) is 0 Å². The van der Waals surface area contributed by atoms with Gasteiger partial charge in [-0.05, 0) is 74.1 Å². The van der Waals surface area contributed by atoms with E-state index in [4.69, 9.17) is 26.4 Å². The van der Waals surface area contributed by atoms with Crippen LogP contribution in [0.25, 0.3) is 0 Å². The lowest BCUT2D eigenvalue weighted by molar-refractivity contribution is 0.0162. The molecule has 2 bridgehead atoms. The number of nitrogens with zero attached hydrogens (tertiary/aromatic N) is 2. The molecule has 3 aromatic rings. The first kappa shape index (κ1) is 22.2. The molecule has 0 radical (unpaired) electrons. The lowest BCUT2D eigenvalue weighted by Gasteiger charge is -2.55. The molecule has 6 nitrogen and oxygen atoms in total. The van der Waals surface area contributed by atoms with Crippen LogP contribution in [-0.4, -0.2) is 35.9 Å². The molecule has 2 aliphatic heterocycles. The van der Waals surface area contributed by atoms with Gasteiger partial charge < -0.3 is 14.2 Å². The zero-order valence-corrected chi connectivity index (χ0v) is 20.4.